The van der Waals surface area contributed by atoms with Gasteiger partial charge in [0.05, 0.1) is 18.2 Å². The van der Waals surface area contributed by atoms with Crippen LogP contribution in [-0.4, -0.2) is 26.4 Å². The van der Waals surface area contributed by atoms with Gasteiger partial charge in [-0.3, -0.25) is 4.72 Å². The second-order valence-corrected chi connectivity index (χ2v) is 11.6. The van der Waals surface area contributed by atoms with Crippen molar-refractivity contribution in [3.05, 3.63) is 17.7 Å². The van der Waals surface area contributed by atoms with E-state index in [-0.39, 0.29) is 5.82 Å². The molecule has 0 aliphatic heterocycles. The third-order valence-corrected chi connectivity index (χ3v) is 7.72. The van der Waals surface area contributed by atoms with Crippen LogP contribution in [0.5, 0.6) is 5.75 Å². The first-order chi connectivity index (χ1) is 13.8. The second kappa shape index (κ2) is 6.89. The zero-order chi connectivity index (χ0) is 20.2. The van der Waals surface area contributed by atoms with Gasteiger partial charge in [-0.2, -0.15) is 0 Å². The first-order valence-electron chi connectivity index (χ1n) is 10.9. The minimum Gasteiger partial charge on any atom is -0.493 e. The van der Waals surface area contributed by atoms with Crippen molar-refractivity contribution in [1.29, 1.82) is 0 Å². The van der Waals surface area contributed by atoms with Crippen molar-refractivity contribution in [2.75, 3.05) is 17.6 Å². The Labute approximate surface area is 172 Å². The maximum Gasteiger partial charge on any atom is 0.231 e. The normalized spacial score (nSPS) is 30.8. The Bertz CT molecular complexity index is 992. The number of hydrogen-bond acceptors (Lipinski definition) is 5. The lowest BCUT2D eigenvalue weighted by molar-refractivity contribution is -0.0746. The molecule has 0 saturated heterocycles. The third-order valence-electron chi connectivity index (χ3n) is 7.15. The van der Waals surface area contributed by atoms with Gasteiger partial charge in [-0.1, -0.05) is 18.5 Å². The van der Waals surface area contributed by atoms with E-state index in [0.29, 0.717) is 16.4 Å². The molecule has 4 saturated carbocycles. The molecule has 4 aliphatic carbocycles. The summed E-state index contributed by atoms with van der Waals surface area (Å²) in [5, 5.41) is 4.60. The maximum atomic E-state index is 11.6. The molecule has 1 N–H and O–H groups in total. The van der Waals surface area contributed by atoms with Crippen LogP contribution in [0.3, 0.4) is 0 Å². The number of nitrogens with zero attached hydrogens (tertiary/aromatic N) is 1. The van der Waals surface area contributed by atoms with Crippen molar-refractivity contribution in [1.82, 2.24) is 5.16 Å². The molecule has 7 heteroatoms. The molecule has 158 valence electrons. The highest BCUT2D eigenvalue weighted by Gasteiger charge is 2.51. The SMILES string of the molecule is CCCc1cc2c(NS(C)(=O)=O)noc2cc1OCC12CC3CC(CC(C3)C1)C2. The summed E-state index contributed by atoms with van der Waals surface area (Å²) in [6.45, 7) is 2.91. The zero-order valence-corrected chi connectivity index (χ0v) is 18.1. The van der Waals surface area contributed by atoms with Crippen molar-refractivity contribution in [3.63, 3.8) is 0 Å². The molecule has 0 amide bonds. The van der Waals surface area contributed by atoms with E-state index in [1.165, 1.54) is 38.5 Å². The van der Waals surface area contributed by atoms with Crippen LogP contribution in [0, 0.1) is 23.2 Å². The van der Waals surface area contributed by atoms with Gasteiger partial charge in [0.25, 0.3) is 0 Å². The summed E-state index contributed by atoms with van der Waals surface area (Å²) in [4.78, 5) is 0. The molecule has 0 unspecified atom stereocenters. The molecule has 0 radical (unpaired) electrons. The van der Waals surface area contributed by atoms with Crippen LogP contribution in [0.1, 0.15) is 57.4 Å². The molecule has 4 bridgehead atoms. The monoisotopic (exact) mass is 418 g/mol. The lowest BCUT2D eigenvalue weighted by Gasteiger charge is -2.56. The van der Waals surface area contributed by atoms with Gasteiger partial charge in [-0.25, -0.2) is 8.42 Å². The highest BCUT2D eigenvalue weighted by molar-refractivity contribution is 7.92. The molecule has 1 aromatic heterocycles. The average Bonchev–Trinajstić information content (AvgIpc) is 2.99. The largest absolute Gasteiger partial charge is 0.493 e. The van der Waals surface area contributed by atoms with E-state index in [2.05, 4.69) is 16.8 Å². The minimum absolute atomic E-state index is 0.243. The Balaban J connectivity index is 1.41. The van der Waals surface area contributed by atoms with Gasteiger partial charge in [0, 0.05) is 11.5 Å². The topological polar surface area (TPSA) is 81.4 Å². The Morgan fingerprint density at radius 1 is 1.17 bits per heavy atom. The fourth-order valence-corrected chi connectivity index (χ4v) is 7.05. The highest BCUT2D eigenvalue weighted by Crippen LogP contribution is 2.60. The molecule has 6 nitrogen and oxygen atoms in total. The molecule has 0 atom stereocenters. The van der Waals surface area contributed by atoms with Crippen molar-refractivity contribution in [2.45, 2.75) is 58.3 Å². The van der Waals surface area contributed by atoms with E-state index >= 15 is 0 Å². The first kappa shape index (κ1) is 19.2. The Hall–Kier alpha value is -1.76. The standard InChI is InChI=1S/C22H30N2O4S/c1-3-4-17-8-18-20(28-23-21(18)24-29(2,25)26)9-19(17)27-13-22-10-14-5-15(11-22)7-16(6-14)12-22/h8-9,14-16H,3-7,10-13H2,1-2H3,(H,23,24). The molecule has 0 spiro atoms. The summed E-state index contributed by atoms with van der Waals surface area (Å²) in [7, 11) is -3.41. The van der Waals surface area contributed by atoms with Crippen LogP contribution in [0.15, 0.2) is 16.7 Å². The van der Waals surface area contributed by atoms with Crippen LogP contribution in [0.4, 0.5) is 5.82 Å². The van der Waals surface area contributed by atoms with Crippen LogP contribution < -0.4 is 9.46 Å². The molecule has 2 aromatic rings. The molecule has 4 fully saturated rings. The van der Waals surface area contributed by atoms with Crippen molar-refractivity contribution in [3.8, 4) is 5.75 Å². The van der Waals surface area contributed by atoms with Crippen molar-refractivity contribution < 1.29 is 17.7 Å². The van der Waals surface area contributed by atoms with E-state index in [9.17, 15) is 8.42 Å². The van der Waals surface area contributed by atoms with E-state index < -0.39 is 10.0 Å². The number of ether oxygens (including phenoxy) is 1. The predicted molar refractivity (Wildman–Crippen MR) is 113 cm³/mol. The van der Waals surface area contributed by atoms with Crippen molar-refractivity contribution >= 4 is 26.8 Å². The Morgan fingerprint density at radius 3 is 2.41 bits per heavy atom. The number of benzene rings is 1. The minimum atomic E-state index is -3.41. The Morgan fingerprint density at radius 2 is 1.83 bits per heavy atom. The predicted octanol–water partition coefficient (Wildman–Crippen LogP) is 4.75. The van der Waals surface area contributed by atoms with Crippen LogP contribution in [0.2, 0.25) is 0 Å². The van der Waals surface area contributed by atoms with Gasteiger partial charge in [0.1, 0.15) is 5.75 Å². The summed E-state index contributed by atoms with van der Waals surface area (Å²) < 4.78 is 37.5. The number of anilines is 1. The lowest BCUT2D eigenvalue weighted by atomic mass is 9.50. The van der Waals surface area contributed by atoms with E-state index in [1.807, 2.05) is 12.1 Å². The zero-order valence-electron chi connectivity index (χ0n) is 17.2. The summed E-state index contributed by atoms with van der Waals surface area (Å²) >= 11 is 0. The van der Waals surface area contributed by atoms with Crippen LogP contribution >= 0.6 is 0 Å². The fourth-order valence-electron chi connectivity index (χ4n) is 6.56. The summed E-state index contributed by atoms with van der Waals surface area (Å²) in [5.74, 6) is 3.81. The maximum absolute atomic E-state index is 11.6. The smallest absolute Gasteiger partial charge is 0.231 e. The quantitative estimate of drug-likeness (QED) is 0.702. The third kappa shape index (κ3) is 3.74. The number of aromatic nitrogens is 1. The van der Waals surface area contributed by atoms with E-state index in [4.69, 9.17) is 9.26 Å². The number of fused-ring (bicyclic) bond motifs is 1. The van der Waals surface area contributed by atoms with Gasteiger partial charge in [-0.05, 0) is 74.3 Å². The molecule has 29 heavy (non-hydrogen) atoms. The number of rotatable bonds is 7. The Kier molecular flexibility index (Phi) is 4.57. The molecule has 4 aliphatic rings. The molecule has 1 heterocycles. The fraction of sp³-hybridized carbons (Fsp3) is 0.682. The second-order valence-electron chi connectivity index (χ2n) is 9.82. The van der Waals surface area contributed by atoms with Gasteiger partial charge in [-0.15, -0.1) is 0 Å². The van der Waals surface area contributed by atoms with Gasteiger partial charge in [0.15, 0.2) is 11.4 Å². The van der Waals surface area contributed by atoms with E-state index in [1.54, 1.807) is 0 Å². The van der Waals surface area contributed by atoms with E-state index in [0.717, 1.165) is 54.8 Å². The number of nitrogens with one attached hydrogen (secondary N) is 1. The average molecular weight is 419 g/mol. The van der Waals surface area contributed by atoms with Crippen molar-refractivity contribution in [2.24, 2.45) is 23.2 Å². The molecule has 6 rings (SSSR count). The van der Waals surface area contributed by atoms with Crippen LogP contribution in [0.25, 0.3) is 11.0 Å². The lowest BCUT2D eigenvalue weighted by Crippen LogP contribution is -2.48. The van der Waals surface area contributed by atoms with Gasteiger partial charge < -0.3 is 9.26 Å². The highest BCUT2D eigenvalue weighted by atomic mass is 32.2. The summed E-state index contributed by atoms with van der Waals surface area (Å²) in [6, 6.07) is 3.86. The summed E-state index contributed by atoms with van der Waals surface area (Å²) in [5.41, 5.74) is 1.98. The molecular formula is C22H30N2O4S. The summed E-state index contributed by atoms with van der Waals surface area (Å²) in [6.07, 6.45) is 11.2. The molecular weight excluding hydrogens is 388 g/mol. The number of sulfonamides is 1. The number of aryl methyl sites for hydroxylation is 1. The van der Waals surface area contributed by atoms with Gasteiger partial charge in [0.2, 0.25) is 10.0 Å². The van der Waals surface area contributed by atoms with Crippen LogP contribution in [-0.2, 0) is 16.4 Å². The first-order valence-corrected chi connectivity index (χ1v) is 12.7. The molecule has 1 aromatic carbocycles. The van der Waals surface area contributed by atoms with Gasteiger partial charge >= 0.3 is 0 Å². The number of hydrogen-bond donors (Lipinski definition) is 1.